The van der Waals surface area contributed by atoms with Gasteiger partial charge in [0.2, 0.25) is 11.8 Å². The van der Waals surface area contributed by atoms with E-state index in [4.69, 9.17) is 0 Å². The number of nitrogens with zero attached hydrogens (tertiary/aromatic N) is 1. The normalized spacial score (nSPS) is 10.0. The number of carbonyl (C=O) groups excluding carboxylic acids is 3. The van der Waals surface area contributed by atoms with Gasteiger partial charge in [-0.2, -0.15) is 0 Å². The summed E-state index contributed by atoms with van der Waals surface area (Å²) in [5.41, 5.74) is 1.63. The van der Waals surface area contributed by atoms with Crippen molar-refractivity contribution in [1.29, 1.82) is 0 Å². The lowest BCUT2D eigenvalue weighted by atomic mass is 10.1. The third kappa shape index (κ3) is 5.02. The second-order valence-corrected chi connectivity index (χ2v) is 4.70. The molecule has 0 saturated carbocycles. The zero-order chi connectivity index (χ0) is 15.8. The lowest BCUT2D eigenvalue weighted by molar-refractivity contribution is -0.140. The number of benzene rings is 1. The van der Waals surface area contributed by atoms with Crippen LogP contribution in [0, 0.1) is 0 Å². The maximum Gasteiger partial charge on any atom is 0.305 e. The number of anilines is 1. The molecule has 0 aliphatic rings. The number of amides is 2. The summed E-state index contributed by atoms with van der Waals surface area (Å²) in [6.45, 7) is 3.09. The molecule has 114 valence electrons. The molecule has 21 heavy (non-hydrogen) atoms. The van der Waals surface area contributed by atoms with E-state index < -0.39 is 0 Å². The average molecular weight is 291 g/mol. The summed E-state index contributed by atoms with van der Waals surface area (Å²) < 4.78 is 4.58. The van der Waals surface area contributed by atoms with Crippen LogP contribution < -0.4 is 4.90 Å². The van der Waals surface area contributed by atoms with Crippen molar-refractivity contribution in [3.8, 4) is 0 Å². The first-order valence-electron chi connectivity index (χ1n) is 6.98. The highest BCUT2D eigenvalue weighted by Crippen LogP contribution is 2.18. The first-order chi connectivity index (χ1) is 9.99. The minimum absolute atomic E-state index is 0.220. The molecule has 0 saturated heterocycles. The SMILES string of the molecule is CCC(=O)N(C(C)=O)c1ccc(CCCC(=O)OC)cc1. The molecule has 0 spiro atoms. The van der Waals surface area contributed by atoms with Crippen LogP contribution in [0.1, 0.15) is 38.7 Å². The summed E-state index contributed by atoms with van der Waals surface area (Å²) in [4.78, 5) is 35.5. The second kappa shape index (κ2) is 8.19. The van der Waals surface area contributed by atoms with Gasteiger partial charge in [0.15, 0.2) is 0 Å². The van der Waals surface area contributed by atoms with Crippen LogP contribution in [0.4, 0.5) is 5.69 Å². The molecule has 0 fully saturated rings. The van der Waals surface area contributed by atoms with Crippen molar-refractivity contribution in [3.63, 3.8) is 0 Å². The molecule has 0 aliphatic heterocycles. The molecule has 0 N–H and O–H groups in total. The van der Waals surface area contributed by atoms with E-state index in [2.05, 4.69) is 4.74 Å². The van der Waals surface area contributed by atoms with Crippen molar-refractivity contribution in [1.82, 2.24) is 0 Å². The minimum Gasteiger partial charge on any atom is -0.469 e. The average Bonchev–Trinajstić information content (AvgIpc) is 2.48. The number of carbonyl (C=O) groups is 3. The van der Waals surface area contributed by atoms with Gasteiger partial charge in [-0.3, -0.25) is 19.3 Å². The van der Waals surface area contributed by atoms with Crippen molar-refractivity contribution in [2.24, 2.45) is 0 Å². The lowest BCUT2D eigenvalue weighted by Gasteiger charge is -2.18. The van der Waals surface area contributed by atoms with Crippen LogP contribution in [0.5, 0.6) is 0 Å². The van der Waals surface area contributed by atoms with Gasteiger partial charge in [0.05, 0.1) is 12.8 Å². The van der Waals surface area contributed by atoms with E-state index in [-0.39, 0.29) is 24.2 Å². The van der Waals surface area contributed by atoms with Crippen molar-refractivity contribution in [2.45, 2.75) is 39.5 Å². The van der Waals surface area contributed by atoms with Gasteiger partial charge in [0, 0.05) is 19.8 Å². The van der Waals surface area contributed by atoms with Crippen LogP contribution in [0.2, 0.25) is 0 Å². The largest absolute Gasteiger partial charge is 0.469 e. The van der Waals surface area contributed by atoms with Gasteiger partial charge in [0.1, 0.15) is 0 Å². The van der Waals surface area contributed by atoms with Crippen LogP contribution in [-0.2, 0) is 25.5 Å². The van der Waals surface area contributed by atoms with Crippen molar-refractivity contribution >= 4 is 23.5 Å². The molecule has 0 heterocycles. The van der Waals surface area contributed by atoms with Crippen LogP contribution >= 0.6 is 0 Å². The smallest absolute Gasteiger partial charge is 0.305 e. The molecule has 0 atom stereocenters. The zero-order valence-electron chi connectivity index (χ0n) is 12.7. The molecule has 1 aromatic rings. The van der Waals surface area contributed by atoms with E-state index in [0.29, 0.717) is 18.5 Å². The monoisotopic (exact) mass is 291 g/mol. The summed E-state index contributed by atoms with van der Waals surface area (Å²) in [6, 6.07) is 7.24. The lowest BCUT2D eigenvalue weighted by Crippen LogP contribution is -2.34. The summed E-state index contributed by atoms with van der Waals surface area (Å²) in [5, 5.41) is 0. The highest BCUT2D eigenvalue weighted by molar-refractivity contribution is 6.13. The Hall–Kier alpha value is -2.17. The van der Waals surface area contributed by atoms with Crippen molar-refractivity contribution in [2.75, 3.05) is 12.0 Å². The Morgan fingerprint density at radius 3 is 2.24 bits per heavy atom. The minimum atomic E-state index is -0.291. The Morgan fingerprint density at radius 2 is 1.76 bits per heavy atom. The number of imide groups is 1. The van der Waals surface area contributed by atoms with Gasteiger partial charge < -0.3 is 4.74 Å². The van der Waals surface area contributed by atoms with E-state index in [1.807, 2.05) is 12.1 Å². The van der Waals surface area contributed by atoms with Gasteiger partial charge >= 0.3 is 5.97 Å². The van der Waals surface area contributed by atoms with Crippen LogP contribution in [-0.4, -0.2) is 24.9 Å². The number of hydrogen-bond acceptors (Lipinski definition) is 4. The number of aryl methyl sites for hydroxylation is 1. The molecule has 1 aromatic carbocycles. The van der Waals surface area contributed by atoms with Gasteiger partial charge in [0.25, 0.3) is 0 Å². The van der Waals surface area contributed by atoms with E-state index >= 15 is 0 Å². The Labute approximate surface area is 124 Å². The third-order valence-corrected chi connectivity index (χ3v) is 3.14. The molecular formula is C16H21NO4. The van der Waals surface area contributed by atoms with E-state index in [9.17, 15) is 14.4 Å². The molecule has 0 aromatic heterocycles. The molecule has 0 aliphatic carbocycles. The van der Waals surface area contributed by atoms with E-state index in [0.717, 1.165) is 12.0 Å². The number of hydrogen-bond donors (Lipinski definition) is 0. The fourth-order valence-electron chi connectivity index (χ4n) is 2.01. The molecular weight excluding hydrogens is 270 g/mol. The van der Waals surface area contributed by atoms with Crippen LogP contribution in [0.25, 0.3) is 0 Å². The topological polar surface area (TPSA) is 63.7 Å². The molecule has 2 amide bonds. The number of methoxy groups -OCH3 is 1. The maximum atomic E-state index is 11.8. The fourth-order valence-corrected chi connectivity index (χ4v) is 2.01. The maximum absolute atomic E-state index is 11.8. The quantitative estimate of drug-likeness (QED) is 0.755. The van der Waals surface area contributed by atoms with E-state index in [1.54, 1.807) is 19.1 Å². The molecule has 0 bridgehead atoms. The van der Waals surface area contributed by atoms with E-state index in [1.165, 1.54) is 18.9 Å². The summed E-state index contributed by atoms with van der Waals surface area (Å²) >= 11 is 0. The molecule has 1 rings (SSSR count). The fraction of sp³-hybridized carbons (Fsp3) is 0.438. The summed E-state index contributed by atoms with van der Waals surface area (Å²) in [6.07, 6.45) is 2.11. The van der Waals surface area contributed by atoms with Crippen LogP contribution in [0.3, 0.4) is 0 Å². The van der Waals surface area contributed by atoms with Gasteiger partial charge in [-0.1, -0.05) is 19.1 Å². The summed E-state index contributed by atoms with van der Waals surface area (Å²) in [5.74, 6) is -0.732. The number of esters is 1. The molecule has 0 radical (unpaired) electrons. The van der Waals surface area contributed by atoms with Gasteiger partial charge in [-0.15, -0.1) is 0 Å². The van der Waals surface area contributed by atoms with Gasteiger partial charge in [-0.05, 0) is 30.5 Å². The molecule has 5 nitrogen and oxygen atoms in total. The predicted molar refractivity (Wildman–Crippen MR) is 79.9 cm³/mol. The standard InChI is InChI=1S/C16H21NO4/c1-4-15(19)17(12(2)18)14-10-8-13(9-11-14)6-5-7-16(20)21-3/h8-11H,4-7H2,1-3H3. The van der Waals surface area contributed by atoms with Crippen molar-refractivity contribution < 1.29 is 19.1 Å². The highest BCUT2D eigenvalue weighted by atomic mass is 16.5. The first-order valence-corrected chi connectivity index (χ1v) is 6.98. The second-order valence-electron chi connectivity index (χ2n) is 4.70. The molecule has 0 unspecified atom stereocenters. The Balaban J connectivity index is 2.70. The number of ether oxygens (including phenoxy) is 1. The first kappa shape index (κ1) is 16.9. The van der Waals surface area contributed by atoms with Crippen LogP contribution in [0.15, 0.2) is 24.3 Å². The van der Waals surface area contributed by atoms with Gasteiger partial charge in [-0.25, -0.2) is 0 Å². The Bertz CT molecular complexity index is 508. The Kier molecular flexibility index (Phi) is 6.59. The highest BCUT2D eigenvalue weighted by Gasteiger charge is 2.18. The number of rotatable bonds is 6. The third-order valence-electron chi connectivity index (χ3n) is 3.14. The molecule has 5 heteroatoms. The predicted octanol–water partition coefficient (Wildman–Crippen LogP) is 2.47. The Morgan fingerprint density at radius 1 is 1.14 bits per heavy atom. The van der Waals surface area contributed by atoms with Crippen molar-refractivity contribution in [3.05, 3.63) is 29.8 Å². The zero-order valence-corrected chi connectivity index (χ0v) is 12.7. The summed E-state index contributed by atoms with van der Waals surface area (Å²) in [7, 11) is 1.37.